The maximum Gasteiger partial charge on any atom is 0.332 e. The molecule has 0 aliphatic rings. The molecule has 20 heavy (non-hydrogen) atoms. The maximum atomic E-state index is 11.3. The van der Waals surface area contributed by atoms with Crippen LogP contribution in [0.5, 0.6) is 0 Å². The Labute approximate surface area is 122 Å². The Morgan fingerprint density at radius 2 is 1.25 bits per heavy atom. The van der Waals surface area contributed by atoms with Gasteiger partial charge in [-0.15, -0.1) is 0 Å². The van der Waals surface area contributed by atoms with Crippen molar-refractivity contribution in [3.8, 4) is 0 Å². The largest absolute Gasteiger partial charge is 0.464 e. The summed E-state index contributed by atoms with van der Waals surface area (Å²) < 4.78 is 14.7. The molecule has 0 fully saturated rings. The Hall–Kier alpha value is -1.10. The van der Waals surface area contributed by atoms with E-state index in [0.717, 1.165) is 19.3 Å². The van der Waals surface area contributed by atoms with Gasteiger partial charge in [-0.3, -0.25) is 0 Å². The van der Waals surface area contributed by atoms with Crippen LogP contribution in [0.2, 0.25) is 0 Å². The SMILES string of the molecule is CCCCCCCCOC(=O)COCC(=O)OCCC. The van der Waals surface area contributed by atoms with E-state index in [1.165, 1.54) is 25.7 Å². The highest BCUT2D eigenvalue weighted by molar-refractivity contribution is 5.73. The minimum Gasteiger partial charge on any atom is -0.464 e. The molecule has 0 aromatic heterocycles. The number of unbranched alkanes of at least 4 members (excludes halogenated alkanes) is 5. The van der Waals surface area contributed by atoms with Crippen molar-refractivity contribution < 1.29 is 23.8 Å². The molecule has 0 rings (SSSR count). The summed E-state index contributed by atoms with van der Waals surface area (Å²) in [7, 11) is 0. The van der Waals surface area contributed by atoms with Gasteiger partial charge in [-0.05, 0) is 12.8 Å². The zero-order chi connectivity index (χ0) is 15.1. The number of hydrogen-bond acceptors (Lipinski definition) is 5. The maximum absolute atomic E-state index is 11.3. The van der Waals surface area contributed by atoms with Crippen LogP contribution in [-0.2, 0) is 23.8 Å². The second-order valence-electron chi connectivity index (χ2n) is 4.70. The third-order valence-electron chi connectivity index (χ3n) is 2.67. The topological polar surface area (TPSA) is 61.8 Å². The molecular weight excluding hydrogens is 260 g/mol. The first-order chi connectivity index (χ1) is 9.70. The molecule has 0 radical (unpaired) electrons. The molecule has 0 N–H and O–H groups in total. The summed E-state index contributed by atoms with van der Waals surface area (Å²) in [6.45, 7) is 4.50. The van der Waals surface area contributed by atoms with Crippen LogP contribution in [0.25, 0.3) is 0 Å². The van der Waals surface area contributed by atoms with Crippen LogP contribution in [-0.4, -0.2) is 38.4 Å². The number of ether oxygens (including phenoxy) is 3. The third-order valence-corrected chi connectivity index (χ3v) is 2.67. The Bertz CT molecular complexity index is 253. The fourth-order valence-corrected chi connectivity index (χ4v) is 1.59. The highest BCUT2D eigenvalue weighted by Crippen LogP contribution is 2.04. The lowest BCUT2D eigenvalue weighted by Gasteiger charge is -2.06. The van der Waals surface area contributed by atoms with Crippen molar-refractivity contribution in [2.24, 2.45) is 0 Å². The van der Waals surface area contributed by atoms with E-state index in [2.05, 4.69) is 6.92 Å². The molecule has 5 nitrogen and oxygen atoms in total. The number of rotatable bonds is 13. The Balaban J connectivity index is 3.30. The van der Waals surface area contributed by atoms with Crippen molar-refractivity contribution in [2.45, 2.75) is 58.8 Å². The number of carbonyl (C=O) groups excluding carboxylic acids is 2. The van der Waals surface area contributed by atoms with Gasteiger partial charge in [0.1, 0.15) is 13.2 Å². The summed E-state index contributed by atoms with van der Waals surface area (Å²) in [4.78, 5) is 22.3. The van der Waals surface area contributed by atoms with Gasteiger partial charge in [-0.1, -0.05) is 46.0 Å². The molecule has 0 amide bonds. The quantitative estimate of drug-likeness (QED) is 0.385. The first-order valence-electron chi connectivity index (χ1n) is 7.59. The third kappa shape index (κ3) is 13.3. The molecule has 118 valence electrons. The molecule has 0 unspecified atom stereocenters. The highest BCUT2D eigenvalue weighted by atomic mass is 16.6. The first kappa shape index (κ1) is 18.9. The van der Waals surface area contributed by atoms with Crippen LogP contribution in [0.15, 0.2) is 0 Å². The van der Waals surface area contributed by atoms with Crippen molar-refractivity contribution in [3.05, 3.63) is 0 Å². The predicted octanol–water partition coefficient (Wildman–Crippen LogP) is 2.86. The van der Waals surface area contributed by atoms with Gasteiger partial charge in [-0.25, -0.2) is 9.59 Å². The van der Waals surface area contributed by atoms with E-state index >= 15 is 0 Å². The lowest BCUT2D eigenvalue weighted by molar-refractivity contribution is -0.155. The van der Waals surface area contributed by atoms with Crippen LogP contribution in [0.1, 0.15) is 58.8 Å². The number of esters is 2. The van der Waals surface area contributed by atoms with Crippen LogP contribution >= 0.6 is 0 Å². The molecule has 5 heteroatoms. The number of carbonyl (C=O) groups is 2. The second kappa shape index (κ2) is 14.3. The zero-order valence-corrected chi connectivity index (χ0v) is 12.8. The average Bonchev–Trinajstić information content (AvgIpc) is 2.44. The molecule has 0 aliphatic carbocycles. The molecule has 0 saturated carbocycles. The monoisotopic (exact) mass is 288 g/mol. The van der Waals surface area contributed by atoms with Gasteiger partial charge in [0.2, 0.25) is 0 Å². The van der Waals surface area contributed by atoms with E-state index in [0.29, 0.717) is 13.2 Å². The minimum absolute atomic E-state index is 0.197. The lowest BCUT2D eigenvalue weighted by atomic mass is 10.1. The molecule has 0 heterocycles. The smallest absolute Gasteiger partial charge is 0.332 e. The summed E-state index contributed by atoms with van der Waals surface area (Å²) in [6, 6.07) is 0. The van der Waals surface area contributed by atoms with E-state index in [-0.39, 0.29) is 13.2 Å². The van der Waals surface area contributed by atoms with Crippen molar-refractivity contribution in [3.63, 3.8) is 0 Å². The van der Waals surface area contributed by atoms with Crippen LogP contribution in [0, 0.1) is 0 Å². The van der Waals surface area contributed by atoms with E-state index in [1.807, 2.05) is 6.92 Å². The molecule has 0 bridgehead atoms. The fraction of sp³-hybridized carbons (Fsp3) is 0.867. The Kier molecular flexibility index (Phi) is 13.5. The van der Waals surface area contributed by atoms with Crippen LogP contribution in [0.3, 0.4) is 0 Å². The average molecular weight is 288 g/mol. The second-order valence-corrected chi connectivity index (χ2v) is 4.70. The van der Waals surface area contributed by atoms with Crippen molar-refractivity contribution >= 4 is 11.9 Å². The predicted molar refractivity (Wildman–Crippen MR) is 76.4 cm³/mol. The molecule has 0 atom stereocenters. The van der Waals surface area contributed by atoms with Crippen molar-refractivity contribution in [2.75, 3.05) is 26.4 Å². The van der Waals surface area contributed by atoms with E-state index in [4.69, 9.17) is 14.2 Å². The summed E-state index contributed by atoms with van der Waals surface area (Å²) in [5.41, 5.74) is 0. The van der Waals surface area contributed by atoms with E-state index in [9.17, 15) is 9.59 Å². The fourth-order valence-electron chi connectivity index (χ4n) is 1.59. The first-order valence-corrected chi connectivity index (χ1v) is 7.59. The highest BCUT2D eigenvalue weighted by Gasteiger charge is 2.06. The molecule has 0 saturated heterocycles. The van der Waals surface area contributed by atoms with Gasteiger partial charge < -0.3 is 14.2 Å². The van der Waals surface area contributed by atoms with E-state index < -0.39 is 11.9 Å². The summed E-state index contributed by atoms with van der Waals surface area (Å²) in [5, 5.41) is 0. The Morgan fingerprint density at radius 1 is 0.700 bits per heavy atom. The van der Waals surface area contributed by atoms with Gasteiger partial charge in [0.05, 0.1) is 13.2 Å². The molecule has 0 spiro atoms. The Morgan fingerprint density at radius 3 is 1.85 bits per heavy atom. The zero-order valence-electron chi connectivity index (χ0n) is 12.8. The molecule has 0 aromatic carbocycles. The van der Waals surface area contributed by atoms with Crippen molar-refractivity contribution in [1.29, 1.82) is 0 Å². The van der Waals surface area contributed by atoms with E-state index in [1.54, 1.807) is 0 Å². The molecular formula is C15H28O5. The van der Waals surface area contributed by atoms with Gasteiger partial charge in [0.15, 0.2) is 0 Å². The molecule has 0 aliphatic heterocycles. The van der Waals surface area contributed by atoms with Gasteiger partial charge in [0.25, 0.3) is 0 Å². The van der Waals surface area contributed by atoms with Crippen LogP contribution in [0.4, 0.5) is 0 Å². The molecule has 0 aromatic rings. The standard InChI is InChI=1S/C15H28O5/c1-3-5-6-7-8-9-11-20-15(17)13-18-12-14(16)19-10-4-2/h3-13H2,1-2H3. The lowest BCUT2D eigenvalue weighted by Crippen LogP contribution is -2.19. The normalized spacial score (nSPS) is 10.3. The summed E-state index contributed by atoms with van der Waals surface area (Å²) in [6.07, 6.45) is 7.66. The van der Waals surface area contributed by atoms with Crippen LogP contribution < -0.4 is 0 Å². The number of hydrogen-bond donors (Lipinski definition) is 0. The van der Waals surface area contributed by atoms with Gasteiger partial charge in [0, 0.05) is 0 Å². The minimum atomic E-state index is -0.449. The van der Waals surface area contributed by atoms with Gasteiger partial charge >= 0.3 is 11.9 Å². The van der Waals surface area contributed by atoms with Crippen molar-refractivity contribution in [1.82, 2.24) is 0 Å². The summed E-state index contributed by atoms with van der Waals surface area (Å²) >= 11 is 0. The summed E-state index contributed by atoms with van der Waals surface area (Å²) in [5.74, 6) is -0.877. The van der Waals surface area contributed by atoms with Gasteiger partial charge in [-0.2, -0.15) is 0 Å².